The topological polar surface area (TPSA) is 95.9 Å². The summed E-state index contributed by atoms with van der Waals surface area (Å²) in [7, 11) is 1.43. The summed E-state index contributed by atoms with van der Waals surface area (Å²) in [6.45, 7) is 0.199. The molecule has 1 saturated heterocycles. The molecule has 2 unspecified atom stereocenters. The second-order valence-corrected chi connectivity index (χ2v) is 5.54. The van der Waals surface area contributed by atoms with Gasteiger partial charge in [-0.15, -0.1) is 0 Å². The van der Waals surface area contributed by atoms with Crippen LogP contribution in [-0.2, 0) is 19.1 Å². The molecular formula is C16H19FN2O5. The molecule has 1 aliphatic rings. The van der Waals surface area contributed by atoms with Gasteiger partial charge in [0.05, 0.1) is 11.6 Å². The van der Waals surface area contributed by atoms with Gasteiger partial charge in [-0.25, -0.2) is 9.18 Å². The first kappa shape index (κ1) is 17.9. The van der Waals surface area contributed by atoms with Gasteiger partial charge in [-0.05, 0) is 12.1 Å². The number of carboxylic acids is 1. The van der Waals surface area contributed by atoms with E-state index in [4.69, 9.17) is 9.84 Å². The highest BCUT2D eigenvalue weighted by atomic mass is 19.1. The number of anilines is 1. The van der Waals surface area contributed by atoms with Crippen molar-refractivity contribution < 1.29 is 28.6 Å². The molecule has 0 spiro atoms. The van der Waals surface area contributed by atoms with Crippen LogP contribution in [0, 0.1) is 11.7 Å². The molecule has 1 aromatic carbocycles. The minimum absolute atomic E-state index is 0.0161. The Morgan fingerprint density at radius 3 is 2.79 bits per heavy atom. The summed E-state index contributed by atoms with van der Waals surface area (Å²) in [6.07, 6.45) is 0.0338. The number of nitrogens with one attached hydrogen (secondary N) is 1. The van der Waals surface area contributed by atoms with Crippen molar-refractivity contribution in [3.8, 4) is 0 Å². The maximum atomic E-state index is 13.8. The number of nitrogens with zero attached hydrogens (tertiary/aromatic N) is 1. The first-order chi connectivity index (χ1) is 11.4. The van der Waals surface area contributed by atoms with Gasteiger partial charge in [-0.1, -0.05) is 12.1 Å². The van der Waals surface area contributed by atoms with E-state index in [-0.39, 0.29) is 37.6 Å². The van der Waals surface area contributed by atoms with Crippen LogP contribution in [-0.4, -0.2) is 49.2 Å². The highest BCUT2D eigenvalue weighted by Gasteiger charge is 2.37. The molecule has 1 heterocycles. The summed E-state index contributed by atoms with van der Waals surface area (Å²) in [6, 6.07) is 4.73. The average Bonchev–Trinajstić information content (AvgIpc) is 2.93. The number of carbonyl (C=O) groups excluding carboxylic acids is 2. The number of benzene rings is 1. The normalized spacial score (nSPS) is 18.5. The third-order valence-electron chi connectivity index (χ3n) is 3.86. The van der Waals surface area contributed by atoms with E-state index in [0.29, 0.717) is 0 Å². The van der Waals surface area contributed by atoms with Crippen LogP contribution in [0.2, 0.25) is 0 Å². The number of carbonyl (C=O) groups is 3. The Morgan fingerprint density at radius 1 is 1.46 bits per heavy atom. The number of rotatable bonds is 7. The molecule has 0 aromatic heterocycles. The van der Waals surface area contributed by atoms with Crippen LogP contribution in [0.5, 0.6) is 0 Å². The fourth-order valence-corrected chi connectivity index (χ4v) is 2.57. The van der Waals surface area contributed by atoms with Crippen molar-refractivity contribution in [3.05, 3.63) is 30.1 Å². The SMILES string of the molecule is COCCC(NC(=O)C1CC(=O)N(c2ccccc2F)C1)C(=O)O. The number of carboxylic acid groups (broad SMARTS) is 1. The van der Waals surface area contributed by atoms with Crippen LogP contribution >= 0.6 is 0 Å². The fraction of sp³-hybridized carbons (Fsp3) is 0.438. The molecule has 0 radical (unpaired) electrons. The van der Waals surface area contributed by atoms with E-state index in [9.17, 15) is 18.8 Å². The summed E-state index contributed by atoms with van der Waals surface area (Å²) in [5, 5.41) is 11.5. The monoisotopic (exact) mass is 338 g/mol. The zero-order chi connectivity index (χ0) is 17.7. The number of para-hydroxylation sites is 1. The van der Waals surface area contributed by atoms with E-state index in [2.05, 4.69) is 5.32 Å². The maximum absolute atomic E-state index is 13.8. The van der Waals surface area contributed by atoms with E-state index in [0.717, 1.165) is 0 Å². The third kappa shape index (κ3) is 4.08. The van der Waals surface area contributed by atoms with Gasteiger partial charge in [0, 0.05) is 33.1 Å². The van der Waals surface area contributed by atoms with E-state index in [1.54, 1.807) is 6.07 Å². The van der Waals surface area contributed by atoms with Gasteiger partial charge in [-0.2, -0.15) is 0 Å². The molecule has 130 valence electrons. The van der Waals surface area contributed by atoms with Crippen molar-refractivity contribution in [1.29, 1.82) is 0 Å². The quantitative estimate of drug-likeness (QED) is 0.766. The molecule has 7 nitrogen and oxygen atoms in total. The lowest BCUT2D eigenvalue weighted by molar-refractivity contribution is -0.142. The lowest BCUT2D eigenvalue weighted by atomic mass is 10.1. The van der Waals surface area contributed by atoms with Gasteiger partial charge in [0.15, 0.2) is 0 Å². The Morgan fingerprint density at radius 2 is 2.17 bits per heavy atom. The highest BCUT2D eigenvalue weighted by Crippen LogP contribution is 2.27. The molecule has 8 heteroatoms. The van der Waals surface area contributed by atoms with Crippen LogP contribution in [0.3, 0.4) is 0 Å². The van der Waals surface area contributed by atoms with Gasteiger partial charge >= 0.3 is 5.97 Å². The molecule has 24 heavy (non-hydrogen) atoms. The van der Waals surface area contributed by atoms with E-state index in [1.165, 1.54) is 30.2 Å². The fourth-order valence-electron chi connectivity index (χ4n) is 2.57. The minimum Gasteiger partial charge on any atom is -0.480 e. The molecule has 1 aliphatic heterocycles. The Hall–Kier alpha value is -2.48. The van der Waals surface area contributed by atoms with Crippen molar-refractivity contribution in [3.63, 3.8) is 0 Å². The molecule has 1 aromatic rings. The first-order valence-electron chi connectivity index (χ1n) is 7.51. The number of aliphatic carboxylic acids is 1. The summed E-state index contributed by atoms with van der Waals surface area (Å²) < 4.78 is 18.6. The molecule has 2 amide bonds. The summed E-state index contributed by atoms with van der Waals surface area (Å²) in [5.41, 5.74) is 0.118. The summed E-state index contributed by atoms with van der Waals surface area (Å²) >= 11 is 0. The van der Waals surface area contributed by atoms with E-state index in [1.807, 2.05) is 0 Å². The second kappa shape index (κ2) is 7.87. The van der Waals surface area contributed by atoms with Crippen molar-refractivity contribution >= 4 is 23.5 Å². The Labute approximate surface area is 138 Å². The first-order valence-corrected chi connectivity index (χ1v) is 7.51. The zero-order valence-electron chi connectivity index (χ0n) is 13.2. The number of hydrogen-bond acceptors (Lipinski definition) is 4. The number of methoxy groups -OCH3 is 1. The lowest BCUT2D eigenvalue weighted by Crippen LogP contribution is -2.44. The predicted octanol–water partition coefficient (Wildman–Crippen LogP) is 0.784. The van der Waals surface area contributed by atoms with Gasteiger partial charge in [0.25, 0.3) is 0 Å². The van der Waals surface area contributed by atoms with Crippen LogP contribution in [0.1, 0.15) is 12.8 Å². The van der Waals surface area contributed by atoms with Crippen LogP contribution in [0.4, 0.5) is 10.1 Å². The third-order valence-corrected chi connectivity index (χ3v) is 3.86. The molecule has 2 N–H and O–H groups in total. The highest BCUT2D eigenvalue weighted by molar-refractivity contribution is 6.00. The van der Waals surface area contributed by atoms with Gasteiger partial charge in [-0.3, -0.25) is 9.59 Å². The smallest absolute Gasteiger partial charge is 0.326 e. The van der Waals surface area contributed by atoms with E-state index < -0.39 is 29.7 Å². The number of ether oxygens (including phenoxy) is 1. The van der Waals surface area contributed by atoms with Crippen LogP contribution in [0.25, 0.3) is 0 Å². The van der Waals surface area contributed by atoms with Crippen molar-refractivity contribution in [1.82, 2.24) is 5.32 Å². The van der Waals surface area contributed by atoms with Crippen LogP contribution in [0.15, 0.2) is 24.3 Å². The minimum atomic E-state index is -1.17. The summed E-state index contributed by atoms with van der Waals surface area (Å²) in [4.78, 5) is 36.7. The number of halogens is 1. The summed E-state index contributed by atoms with van der Waals surface area (Å²) in [5.74, 6) is -3.35. The molecule has 0 bridgehead atoms. The predicted molar refractivity (Wildman–Crippen MR) is 82.9 cm³/mol. The molecule has 2 atom stereocenters. The van der Waals surface area contributed by atoms with Gasteiger partial charge in [0.1, 0.15) is 11.9 Å². The van der Waals surface area contributed by atoms with Crippen molar-refractivity contribution in [2.75, 3.05) is 25.2 Å². The lowest BCUT2D eigenvalue weighted by Gasteiger charge is -2.19. The largest absolute Gasteiger partial charge is 0.480 e. The molecule has 2 rings (SSSR count). The standard InChI is InChI=1S/C16H19FN2O5/c1-24-7-6-12(16(22)23)18-15(21)10-8-14(20)19(9-10)13-5-3-2-4-11(13)17/h2-5,10,12H,6-9H2,1H3,(H,18,21)(H,22,23). The van der Waals surface area contributed by atoms with Gasteiger partial charge < -0.3 is 20.1 Å². The van der Waals surface area contributed by atoms with Crippen molar-refractivity contribution in [2.24, 2.45) is 5.92 Å². The Balaban J connectivity index is 2.03. The molecular weight excluding hydrogens is 319 g/mol. The van der Waals surface area contributed by atoms with Gasteiger partial charge in [0.2, 0.25) is 11.8 Å². The van der Waals surface area contributed by atoms with Crippen LogP contribution < -0.4 is 10.2 Å². The molecule has 0 aliphatic carbocycles. The average molecular weight is 338 g/mol. The molecule has 0 saturated carbocycles. The molecule has 1 fully saturated rings. The van der Waals surface area contributed by atoms with Crippen molar-refractivity contribution in [2.45, 2.75) is 18.9 Å². The zero-order valence-corrected chi connectivity index (χ0v) is 13.2. The Kier molecular flexibility index (Phi) is 5.86. The second-order valence-electron chi connectivity index (χ2n) is 5.54. The number of hydrogen-bond donors (Lipinski definition) is 2. The Bertz CT molecular complexity index is 637. The van der Waals surface area contributed by atoms with E-state index >= 15 is 0 Å². The maximum Gasteiger partial charge on any atom is 0.326 e. The number of amides is 2.